The maximum Gasteiger partial charge on any atom is 0.212 e. The van der Waals surface area contributed by atoms with Crippen molar-refractivity contribution in [1.82, 2.24) is 0 Å². The van der Waals surface area contributed by atoms with Gasteiger partial charge in [-0.3, -0.25) is 0 Å². The molecule has 3 heteroatoms. The molecule has 0 spiro atoms. The van der Waals surface area contributed by atoms with E-state index in [0.717, 1.165) is 12.2 Å². The van der Waals surface area contributed by atoms with E-state index in [9.17, 15) is 4.89 Å². The molecule has 0 amide bonds. The van der Waals surface area contributed by atoms with Crippen molar-refractivity contribution in [1.29, 1.82) is 0 Å². The summed E-state index contributed by atoms with van der Waals surface area (Å²) in [6.45, 7) is 6.87. The summed E-state index contributed by atoms with van der Waals surface area (Å²) >= 11 is 0. The minimum absolute atomic E-state index is 0.468. The average Bonchev–Trinajstić information content (AvgIpc) is 2.89. The summed E-state index contributed by atoms with van der Waals surface area (Å²) in [6, 6.07) is 4.47. The molecule has 36 heavy (non-hydrogen) atoms. The second kappa shape index (κ2) is 24.7. The molecule has 1 atom stereocenters. The molecule has 1 rings (SSSR count). The van der Waals surface area contributed by atoms with Gasteiger partial charge >= 0.3 is 0 Å². The van der Waals surface area contributed by atoms with E-state index in [1.54, 1.807) is 11.1 Å². The zero-order valence-corrected chi connectivity index (χ0v) is 25.5. The molecule has 2 nitrogen and oxygen atoms in total. The van der Waals surface area contributed by atoms with E-state index in [4.69, 9.17) is 4.52 Å². The van der Waals surface area contributed by atoms with Crippen LogP contribution in [0.1, 0.15) is 172 Å². The van der Waals surface area contributed by atoms with Crippen molar-refractivity contribution < 1.29 is 9.42 Å². The van der Waals surface area contributed by atoms with Gasteiger partial charge in [0.05, 0.1) is 0 Å². The van der Waals surface area contributed by atoms with Crippen molar-refractivity contribution >= 4 is 9.03 Å². The smallest absolute Gasteiger partial charge is 0.212 e. The van der Waals surface area contributed by atoms with Crippen molar-refractivity contribution in [2.45, 2.75) is 175 Å². The van der Waals surface area contributed by atoms with E-state index in [1.807, 2.05) is 0 Å². The standard InChI is InChI=1S/C33H61O2P/c1-4-7-10-13-16-19-22-25-30-28-29-33(35-36-34)32(27-24-21-18-15-12-9-6-3)31(30)26-23-20-17-14-11-8-5-2/h28-29,34,36H,4-27H2,1-3H3. The second-order valence-electron chi connectivity index (χ2n) is 11.0. The van der Waals surface area contributed by atoms with Crippen molar-refractivity contribution in [3.8, 4) is 5.75 Å². The van der Waals surface area contributed by atoms with E-state index in [2.05, 4.69) is 32.9 Å². The number of rotatable bonds is 26. The second-order valence-corrected chi connectivity index (χ2v) is 11.4. The van der Waals surface area contributed by atoms with Gasteiger partial charge in [0.1, 0.15) is 5.75 Å². The van der Waals surface area contributed by atoms with Crippen LogP contribution in [-0.4, -0.2) is 4.89 Å². The Morgan fingerprint density at radius 1 is 0.500 bits per heavy atom. The number of benzene rings is 1. The molecule has 0 fully saturated rings. The van der Waals surface area contributed by atoms with Crippen LogP contribution >= 0.6 is 9.03 Å². The normalized spacial score (nSPS) is 11.7. The fraction of sp³-hybridized carbons (Fsp3) is 0.818. The molecular formula is C33H61O2P. The number of aryl methyl sites for hydroxylation is 1. The first-order valence-corrected chi connectivity index (χ1v) is 16.8. The van der Waals surface area contributed by atoms with Crippen molar-refractivity contribution in [2.75, 3.05) is 0 Å². The lowest BCUT2D eigenvalue weighted by Crippen LogP contribution is -2.04. The van der Waals surface area contributed by atoms with Gasteiger partial charge in [-0.25, -0.2) is 0 Å². The Morgan fingerprint density at radius 2 is 0.889 bits per heavy atom. The Kier molecular flexibility index (Phi) is 23.0. The summed E-state index contributed by atoms with van der Waals surface area (Å²) in [4.78, 5) is 9.58. The Bertz CT molecular complexity index is 616. The highest BCUT2D eigenvalue weighted by Crippen LogP contribution is 2.33. The number of hydrogen-bond acceptors (Lipinski definition) is 2. The largest absolute Gasteiger partial charge is 0.450 e. The van der Waals surface area contributed by atoms with Gasteiger partial charge in [0.2, 0.25) is 9.03 Å². The van der Waals surface area contributed by atoms with Crippen LogP contribution in [0.15, 0.2) is 12.1 Å². The molecule has 1 aromatic carbocycles. The molecule has 1 aromatic rings. The first-order chi connectivity index (χ1) is 17.8. The first kappa shape index (κ1) is 33.4. The fourth-order valence-corrected chi connectivity index (χ4v) is 5.76. The van der Waals surface area contributed by atoms with E-state index in [0.29, 0.717) is 0 Å². The summed E-state index contributed by atoms with van der Waals surface area (Å²) in [5.74, 6) is 0.947. The van der Waals surface area contributed by atoms with E-state index in [-0.39, 0.29) is 0 Å². The third kappa shape index (κ3) is 16.3. The van der Waals surface area contributed by atoms with Gasteiger partial charge in [-0.15, -0.1) is 0 Å². The fourth-order valence-electron chi connectivity index (χ4n) is 5.47. The van der Waals surface area contributed by atoms with E-state index >= 15 is 0 Å². The topological polar surface area (TPSA) is 29.5 Å². The van der Waals surface area contributed by atoms with Gasteiger partial charge in [-0.1, -0.05) is 142 Å². The summed E-state index contributed by atoms with van der Waals surface area (Å²) in [6.07, 6.45) is 31.8. The quantitative estimate of drug-likeness (QED) is 0.0972. The molecule has 0 aliphatic heterocycles. The molecule has 1 unspecified atom stereocenters. The molecule has 0 radical (unpaired) electrons. The lowest BCUT2D eigenvalue weighted by atomic mass is 9.89. The molecule has 0 aliphatic rings. The minimum Gasteiger partial charge on any atom is -0.450 e. The predicted molar refractivity (Wildman–Crippen MR) is 163 cm³/mol. The first-order valence-electron chi connectivity index (χ1n) is 16.0. The van der Waals surface area contributed by atoms with Gasteiger partial charge < -0.3 is 9.42 Å². The predicted octanol–water partition coefficient (Wildman–Crippen LogP) is 11.4. The van der Waals surface area contributed by atoms with Gasteiger partial charge in [0.25, 0.3) is 0 Å². The summed E-state index contributed by atoms with van der Waals surface area (Å²) < 4.78 is 5.78. The van der Waals surface area contributed by atoms with Crippen molar-refractivity contribution in [2.24, 2.45) is 0 Å². The van der Waals surface area contributed by atoms with E-state index in [1.165, 1.54) is 153 Å². The van der Waals surface area contributed by atoms with Crippen molar-refractivity contribution in [3.05, 3.63) is 28.8 Å². The van der Waals surface area contributed by atoms with Crippen LogP contribution in [0.3, 0.4) is 0 Å². The third-order valence-electron chi connectivity index (χ3n) is 7.75. The molecule has 0 heterocycles. The number of hydrogen-bond donors (Lipinski definition) is 1. The Balaban J connectivity index is 2.77. The average molecular weight is 521 g/mol. The lowest BCUT2D eigenvalue weighted by molar-refractivity contribution is 0.506. The summed E-state index contributed by atoms with van der Waals surface area (Å²) in [5, 5.41) is 0. The van der Waals surface area contributed by atoms with Crippen molar-refractivity contribution in [3.63, 3.8) is 0 Å². The maximum absolute atomic E-state index is 9.58. The van der Waals surface area contributed by atoms with Crippen LogP contribution in [0.5, 0.6) is 5.75 Å². The summed E-state index contributed by atoms with van der Waals surface area (Å²) in [7, 11) is -0.468. The molecule has 0 saturated heterocycles. The highest BCUT2D eigenvalue weighted by Gasteiger charge is 2.15. The van der Waals surface area contributed by atoms with Crippen LogP contribution in [0.4, 0.5) is 0 Å². The summed E-state index contributed by atoms with van der Waals surface area (Å²) in [5.41, 5.74) is 4.54. The van der Waals surface area contributed by atoms with Gasteiger partial charge in [-0.05, 0) is 61.3 Å². The molecule has 210 valence electrons. The van der Waals surface area contributed by atoms with Crippen LogP contribution in [0.2, 0.25) is 0 Å². The molecule has 0 saturated carbocycles. The zero-order chi connectivity index (χ0) is 26.1. The van der Waals surface area contributed by atoms with Crippen LogP contribution in [0.25, 0.3) is 0 Å². The van der Waals surface area contributed by atoms with Crippen LogP contribution < -0.4 is 4.52 Å². The molecule has 0 bridgehead atoms. The van der Waals surface area contributed by atoms with Gasteiger partial charge in [-0.2, -0.15) is 0 Å². The highest BCUT2D eigenvalue weighted by molar-refractivity contribution is 7.25. The third-order valence-corrected chi connectivity index (χ3v) is 8.06. The zero-order valence-electron chi connectivity index (χ0n) is 24.5. The lowest BCUT2D eigenvalue weighted by Gasteiger charge is -2.19. The molecule has 0 aromatic heterocycles. The van der Waals surface area contributed by atoms with Crippen LogP contribution in [0, 0.1) is 0 Å². The van der Waals surface area contributed by atoms with E-state index < -0.39 is 9.03 Å². The minimum atomic E-state index is -0.468. The Labute approximate surface area is 227 Å². The molecular weight excluding hydrogens is 459 g/mol. The Morgan fingerprint density at radius 3 is 1.33 bits per heavy atom. The van der Waals surface area contributed by atoms with Crippen LogP contribution in [-0.2, 0) is 19.3 Å². The maximum atomic E-state index is 9.58. The van der Waals surface area contributed by atoms with Gasteiger partial charge in [0.15, 0.2) is 0 Å². The Hall–Kier alpha value is -0.590. The SMILES string of the molecule is CCCCCCCCCc1ccc(OPO)c(CCCCCCCCC)c1CCCCCCCCC. The monoisotopic (exact) mass is 520 g/mol. The molecule has 1 N–H and O–H groups in total. The highest BCUT2D eigenvalue weighted by atomic mass is 31.1. The van der Waals surface area contributed by atoms with Gasteiger partial charge in [0, 0.05) is 0 Å². The molecule has 0 aliphatic carbocycles. The number of unbranched alkanes of at least 4 members (excludes halogenated alkanes) is 18.